The van der Waals surface area contributed by atoms with Gasteiger partial charge >= 0.3 is 5.30 Å². The third kappa shape index (κ3) is 4.33. The first-order valence-electron chi connectivity index (χ1n) is 4.43. The smallest absolute Gasteiger partial charge is 0.364 e. The Morgan fingerprint density at radius 3 is 2.92 bits per heavy atom. The lowest BCUT2D eigenvalue weighted by molar-refractivity contribution is 0.108. The van der Waals surface area contributed by atoms with Gasteiger partial charge in [-0.05, 0) is 31.8 Å². The fraction of sp³-hybridized carbons (Fsp3) is 0.667. The van der Waals surface area contributed by atoms with Crippen molar-refractivity contribution in [3.8, 4) is 0 Å². The maximum atomic E-state index is 10.5. The fourth-order valence-corrected chi connectivity index (χ4v) is 1.50. The van der Waals surface area contributed by atoms with Gasteiger partial charge in [0, 0.05) is 0 Å². The molecule has 1 aliphatic rings. The van der Waals surface area contributed by atoms with Crippen LogP contribution >= 0.6 is 12.6 Å². The van der Waals surface area contributed by atoms with E-state index in [1.165, 1.54) is 0 Å². The lowest BCUT2D eigenvalue weighted by atomic mass is 10.0. The summed E-state index contributed by atoms with van der Waals surface area (Å²) in [5, 5.41) is 8.81. The Balaban J connectivity index is 2.44. The van der Waals surface area contributed by atoms with Crippen LogP contribution in [0.5, 0.6) is 0 Å². The van der Waals surface area contributed by atoms with Gasteiger partial charge in [-0.25, -0.2) is 4.79 Å². The van der Waals surface area contributed by atoms with Gasteiger partial charge in [0.2, 0.25) is 0 Å². The number of carbonyl (C=O) groups is 1. The normalized spacial score (nSPS) is 29.1. The summed E-state index contributed by atoms with van der Waals surface area (Å²) in [5.74, 6) is 0. The molecule has 13 heavy (non-hydrogen) atoms. The maximum Gasteiger partial charge on any atom is 0.364 e. The standard InChI is InChI=1S/C9H14O3S/c10-7-3-1-2-4-8(6-5-7)12-9(11)13/h2,4,7-8,10H,1,3,5-6H2,(H,11,13). The lowest BCUT2D eigenvalue weighted by Crippen LogP contribution is -2.17. The van der Waals surface area contributed by atoms with Crippen molar-refractivity contribution in [1.82, 2.24) is 0 Å². The molecule has 1 aliphatic carbocycles. The molecule has 0 aromatic carbocycles. The Morgan fingerprint density at radius 1 is 1.46 bits per heavy atom. The van der Waals surface area contributed by atoms with E-state index < -0.39 is 5.30 Å². The second kappa shape index (κ2) is 5.29. The number of aliphatic hydroxyl groups excluding tert-OH is 1. The van der Waals surface area contributed by atoms with Crippen molar-refractivity contribution in [1.29, 1.82) is 0 Å². The second-order valence-electron chi connectivity index (χ2n) is 3.16. The van der Waals surface area contributed by atoms with Crippen LogP contribution in [0.4, 0.5) is 4.79 Å². The van der Waals surface area contributed by atoms with Gasteiger partial charge in [-0.15, -0.1) is 0 Å². The lowest BCUT2D eigenvalue weighted by Gasteiger charge is -2.17. The van der Waals surface area contributed by atoms with Crippen LogP contribution < -0.4 is 0 Å². The Labute approximate surface area is 83.2 Å². The molecule has 0 saturated carbocycles. The van der Waals surface area contributed by atoms with E-state index in [1.54, 1.807) is 0 Å². The predicted molar refractivity (Wildman–Crippen MR) is 52.9 cm³/mol. The van der Waals surface area contributed by atoms with E-state index in [0.717, 1.165) is 12.8 Å². The maximum absolute atomic E-state index is 10.5. The molecule has 4 heteroatoms. The third-order valence-electron chi connectivity index (χ3n) is 2.05. The summed E-state index contributed by atoms with van der Waals surface area (Å²) in [4.78, 5) is 10.5. The summed E-state index contributed by atoms with van der Waals surface area (Å²) in [6, 6.07) is 0. The van der Waals surface area contributed by atoms with Gasteiger partial charge in [0.1, 0.15) is 6.10 Å². The molecular weight excluding hydrogens is 188 g/mol. The minimum atomic E-state index is -0.565. The minimum Gasteiger partial charge on any atom is -0.450 e. The molecule has 2 unspecified atom stereocenters. The number of hydrogen-bond donors (Lipinski definition) is 2. The van der Waals surface area contributed by atoms with E-state index in [9.17, 15) is 9.90 Å². The van der Waals surface area contributed by atoms with Crippen LogP contribution in [-0.2, 0) is 4.74 Å². The van der Waals surface area contributed by atoms with Crippen LogP contribution in [0, 0.1) is 0 Å². The van der Waals surface area contributed by atoms with Crippen molar-refractivity contribution in [3.05, 3.63) is 12.2 Å². The molecule has 2 atom stereocenters. The second-order valence-corrected chi connectivity index (χ2v) is 3.52. The first kappa shape index (κ1) is 10.6. The molecule has 1 N–H and O–H groups in total. The van der Waals surface area contributed by atoms with E-state index in [4.69, 9.17) is 4.74 Å². The highest BCUT2D eigenvalue weighted by molar-refractivity contribution is 7.96. The van der Waals surface area contributed by atoms with Crippen molar-refractivity contribution >= 4 is 17.9 Å². The van der Waals surface area contributed by atoms with Gasteiger partial charge < -0.3 is 9.84 Å². The number of ether oxygens (including phenoxy) is 1. The number of hydrogen-bond acceptors (Lipinski definition) is 3. The minimum absolute atomic E-state index is 0.222. The zero-order valence-corrected chi connectivity index (χ0v) is 8.24. The highest BCUT2D eigenvalue weighted by atomic mass is 32.1. The number of aliphatic hydroxyl groups is 1. The molecule has 0 aromatic heterocycles. The highest BCUT2D eigenvalue weighted by Crippen LogP contribution is 2.15. The van der Waals surface area contributed by atoms with Crippen LogP contribution in [0.1, 0.15) is 25.7 Å². The molecule has 1 rings (SSSR count). The van der Waals surface area contributed by atoms with Gasteiger partial charge in [0.15, 0.2) is 0 Å². The Hall–Kier alpha value is -0.480. The van der Waals surface area contributed by atoms with E-state index in [-0.39, 0.29) is 12.2 Å². The fourth-order valence-electron chi connectivity index (χ4n) is 1.36. The van der Waals surface area contributed by atoms with Crippen molar-refractivity contribution in [2.75, 3.05) is 0 Å². The first-order valence-corrected chi connectivity index (χ1v) is 4.87. The largest absolute Gasteiger partial charge is 0.450 e. The molecule has 3 nitrogen and oxygen atoms in total. The molecule has 0 aromatic rings. The number of allylic oxidation sites excluding steroid dienone is 1. The average molecular weight is 202 g/mol. The SMILES string of the molecule is O=C(S)OC1C=CCCC(O)CC1. The quantitative estimate of drug-likeness (QED) is 0.388. The Morgan fingerprint density at radius 2 is 2.23 bits per heavy atom. The van der Waals surface area contributed by atoms with Crippen LogP contribution in [-0.4, -0.2) is 22.6 Å². The molecule has 0 amide bonds. The predicted octanol–water partition coefficient (Wildman–Crippen LogP) is 1.91. The van der Waals surface area contributed by atoms with Crippen LogP contribution in [0.25, 0.3) is 0 Å². The Bertz CT molecular complexity index is 203. The number of rotatable bonds is 1. The molecule has 0 radical (unpaired) electrons. The summed E-state index contributed by atoms with van der Waals surface area (Å²) in [5.41, 5.74) is 0. The van der Waals surface area contributed by atoms with Crippen LogP contribution in [0.2, 0.25) is 0 Å². The first-order chi connectivity index (χ1) is 6.18. The molecule has 0 bridgehead atoms. The van der Waals surface area contributed by atoms with Gasteiger partial charge in [0.05, 0.1) is 6.10 Å². The summed E-state index contributed by atoms with van der Waals surface area (Å²) in [6.45, 7) is 0. The van der Waals surface area contributed by atoms with Gasteiger partial charge in [-0.1, -0.05) is 18.7 Å². The summed E-state index contributed by atoms with van der Waals surface area (Å²) in [6.07, 6.45) is 6.27. The van der Waals surface area contributed by atoms with Crippen molar-refractivity contribution in [2.24, 2.45) is 0 Å². The number of carbonyl (C=O) groups excluding carboxylic acids is 1. The molecule has 0 aliphatic heterocycles. The van der Waals surface area contributed by atoms with Crippen molar-refractivity contribution < 1.29 is 14.6 Å². The topological polar surface area (TPSA) is 46.5 Å². The van der Waals surface area contributed by atoms with Gasteiger partial charge in [-0.3, -0.25) is 0 Å². The highest BCUT2D eigenvalue weighted by Gasteiger charge is 2.13. The molecular formula is C9H14O3S. The van der Waals surface area contributed by atoms with Crippen molar-refractivity contribution in [2.45, 2.75) is 37.9 Å². The zero-order chi connectivity index (χ0) is 9.68. The van der Waals surface area contributed by atoms with E-state index in [1.807, 2.05) is 12.2 Å². The molecule has 0 fully saturated rings. The Kier molecular flexibility index (Phi) is 4.32. The van der Waals surface area contributed by atoms with E-state index in [0.29, 0.717) is 12.8 Å². The summed E-state index contributed by atoms with van der Waals surface area (Å²) < 4.78 is 4.90. The van der Waals surface area contributed by atoms with Gasteiger partial charge in [0.25, 0.3) is 0 Å². The monoisotopic (exact) mass is 202 g/mol. The third-order valence-corrected chi connectivity index (χ3v) is 2.16. The van der Waals surface area contributed by atoms with Gasteiger partial charge in [-0.2, -0.15) is 0 Å². The molecule has 0 heterocycles. The number of thiol groups is 1. The van der Waals surface area contributed by atoms with E-state index in [2.05, 4.69) is 12.6 Å². The van der Waals surface area contributed by atoms with Crippen LogP contribution in [0.15, 0.2) is 12.2 Å². The van der Waals surface area contributed by atoms with Crippen molar-refractivity contribution in [3.63, 3.8) is 0 Å². The molecule has 0 saturated heterocycles. The molecule has 74 valence electrons. The summed E-state index contributed by atoms with van der Waals surface area (Å²) >= 11 is 3.54. The van der Waals surface area contributed by atoms with Crippen LogP contribution in [0.3, 0.4) is 0 Å². The summed E-state index contributed by atoms with van der Waals surface area (Å²) in [7, 11) is 0. The zero-order valence-electron chi connectivity index (χ0n) is 7.35. The molecule has 0 spiro atoms. The average Bonchev–Trinajstić information content (AvgIpc) is 2.03. The van der Waals surface area contributed by atoms with E-state index >= 15 is 0 Å².